The fourth-order valence-corrected chi connectivity index (χ4v) is 2.48. The minimum absolute atomic E-state index is 0.752. The Morgan fingerprint density at radius 2 is 1.87 bits per heavy atom. The van der Waals surface area contributed by atoms with E-state index in [1.54, 1.807) is 12.2 Å². The third-order valence-electron chi connectivity index (χ3n) is 3.60. The number of nitrogens with zero attached hydrogens (tertiary/aromatic N) is 2. The summed E-state index contributed by atoms with van der Waals surface area (Å²) >= 11 is 0. The van der Waals surface area contributed by atoms with Crippen LogP contribution in [0.3, 0.4) is 0 Å². The van der Waals surface area contributed by atoms with E-state index >= 15 is 0 Å². The Hall–Kier alpha value is -3.18. The van der Waals surface area contributed by atoms with Crippen LogP contribution in [0.2, 0.25) is 0 Å². The van der Waals surface area contributed by atoms with Crippen LogP contribution < -0.4 is 0 Å². The highest BCUT2D eigenvalue weighted by Gasteiger charge is 2.13. The van der Waals surface area contributed by atoms with Crippen LogP contribution in [0.15, 0.2) is 67.3 Å². The number of hydrogen-bond donors (Lipinski definition) is 0. The number of fused-ring (bicyclic) bond motifs is 1. The van der Waals surface area contributed by atoms with E-state index in [0.717, 1.165) is 39.1 Å². The van der Waals surface area contributed by atoms with Crippen LogP contribution in [-0.4, -0.2) is 9.97 Å². The number of aromatic nitrogens is 2. The van der Waals surface area contributed by atoms with Crippen LogP contribution in [0.25, 0.3) is 27.9 Å². The Balaban J connectivity index is 2.36. The first-order valence-corrected chi connectivity index (χ1v) is 7.36. The Morgan fingerprint density at radius 3 is 2.57 bits per heavy atom. The summed E-state index contributed by atoms with van der Waals surface area (Å²) in [7, 11) is 0. The topological polar surface area (TPSA) is 25.8 Å². The molecule has 1 aromatic heterocycles. The van der Waals surface area contributed by atoms with Crippen molar-refractivity contribution in [1.29, 1.82) is 0 Å². The first-order valence-electron chi connectivity index (χ1n) is 7.36. The maximum Gasteiger partial charge on any atom is 0.0979 e. The molecular formula is C21H16N2. The van der Waals surface area contributed by atoms with Gasteiger partial charge < -0.3 is 0 Å². The molecule has 2 nitrogen and oxygen atoms in total. The highest BCUT2D eigenvalue weighted by Crippen LogP contribution is 2.28. The molecule has 0 saturated heterocycles. The van der Waals surface area contributed by atoms with E-state index in [2.05, 4.69) is 12.5 Å². The van der Waals surface area contributed by atoms with E-state index in [0.29, 0.717) is 0 Å². The summed E-state index contributed by atoms with van der Waals surface area (Å²) in [5.41, 5.74) is 6.22. The largest absolute Gasteiger partial charge is 0.244 e. The zero-order valence-electron chi connectivity index (χ0n) is 13.0. The molecule has 2 aromatic carbocycles. The van der Waals surface area contributed by atoms with Gasteiger partial charge in [-0.2, -0.15) is 0 Å². The minimum atomic E-state index is 0.752. The Morgan fingerprint density at radius 1 is 1.09 bits per heavy atom. The third kappa shape index (κ3) is 2.90. The quantitative estimate of drug-likeness (QED) is 0.512. The lowest BCUT2D eigenvalue weighted by Gasteiger charge is -2.11. The number of allylic oxidation sites excluding steroid dienone is 3. The molecule has 0 amide bonds. The molecule has 0 atom stereocenters. The second kappa shape index (κ2) is 6.29. The fraction of sp³-hybridized carbons (Fsp3) is 0.0476. The van der Waals surface area contributed by atoms with Crippen LogP contribution in [0.4, 0.5) is 0 Å². The molecule has 0 aliphatic rings. The van der Waals surface area contributed by atoms with Crippen LogP contribution >= 0.6 is 0 Å². The monoisotopic (exact) mass is 296 g/mol. The summed E-state index contributed by atoms with van der Waals surface area (Å²) < 4.78 is 0. The molecule has 0 N–H and O–H groups in total. The average molecular weight is 296 g/mol. The second-order valence-corrected chi connectivity index (χ2v) is 5.25. The van der Waals surface area contributed by atoms with Gasteiger partial charge in [0.15, 0.2) is 0 Å². The zero-order valence-corrected chi connectivity index (χ0v) is 13.0. The SMILES string of the molecule is C#C/C=C(\C=C)c1nc2cc(C)ccc2nc1-c1ccccc1. The lowest BCUT2D eigenvalue weighted by atomic mass is 10.0. The summed E-state index contributed by atoms with van der Waals surface area (Å²) in [6, 6.07) is 16.0. The van der Waals surface area contributed by atoms with Crippen molar-refractivity contribution in [3.05, 3.63) is 78.5 Å². The van der Waals surface area contributed by atoms with Crippen molar-refractivity contribution < 1.29 is 0 Å². The number of aryl methyl sites for hydroxylation is 1. The van der Waals surface area contributed by atoms with Crippen LogP contribution in [0.1, 0.15) is 11.3 Å². The number of terminal acetylenes is 1. The zero-order chi connectivity index (χ0) is 16.2. The van der Waals surface area contributed by atoms with Gasteiger partial charge in [0, 0.05) is 11.1 Å². The van der Waals surface area contributed by atoms with Crippen molar-refractivity contribution in [2.45, 2.75) is 6.92 Å². The van der Waals surface area contributed by atoms with Gasteiger partial charge in [0.2, 0.25) is 0 Å². The van der Waals surface area contributed by atoms with E-state index in [1.807, 2.05) is 55.5 Å². The molecule has 3 aromatic rings. The highest BCUT2D eigenvalue weighted by atomic mass is 14.8. The van der Waals surface area contributed by atoms with Crippen molar-refractivity contribution >= 4 is 16.6 Å². The number of rotatable bonds is 3. The molecule has 23 heavy (non-hydrogen) atoms. The molecule has 2 heteroatoms. The average Bonchev–Trinajstić information content (AvgIpc) is 2.59. The van der Waals surface area contributed by atoms with Gasteiger partial charge in [-0.1, -0.05) is 55.0 Å². The normalized spacial score (nSPS) is 11.2. The van der Waals surface area contributed by atoms with E-state index < -0.39 is 0 Å². The molecule has 0 radical (unpaired) electrons. The van der Waals surface area contributed by atoms with E-state index in [4.69, 9.17) is 16.4 Å². The van der Waals surface area contributed by atoms with Gasteiger partial charge in [0.25, 0.3) is 0 Å². The summed E-state index contributed by atoms with van der Waals surface area (Å²) in [5, 5.41) is 0. The smallest absolute Gasteiger partial charge is 0.0979 e. The molecule has 0 aliphatic carbocycles. The standard InChI is InChI=1S/C21H16N2/c1-4-9-16(5-2)20-21(17-10-7-6-8-11-17)22-18-13-12-15(3)14-19(18)23-20/h1,5-14H,2H2,3H3/b16-9+. The molecule has 0 aliphatic heterocycles. The van der Waals surface area contributed by atoms with Crippen molar-refractivity contribution in [3.8, 4) is 23.6 Å². The van der Waals surface area contributed by atoms with E-state index in [1.165, 1.54) is 0 Å². The summed E-state index contributed by atoms with van der Waals surface area (Å²) in [6.07, 6.45) is 8.84. The third-order valence-corrected chi connectivity index (χ3v) is 3.60. The van der Waals surface area contributed by atoms with Gasteiger partial charge in [-0.15, -0.1) is 6.42 Å². The number of benzene rings is 2. The molecule has 0 bridgehead atoms. The van der Waals surface area contributed by atoms with Crippen molar-refractivity contribution in [3.63, 3.8) is 0 Å². The summed E-state index contributed by atoms with van der Waals surface area (Å²) in [5.74, 6) is 2.55. The Labute approximate surface area is 136 Å². The van der Waals surface area contributed by atoms with Crippen LogP contribution in [-0.2, 0) is 0 Å². The Kier molecular flexibility index (Phi) is 4.03. The molecule has 3 rings (SSSR count). The van der Waals surface area contributed by atoms with Gasteiger partial charge in [0.05, 0.1) is 22.4 Å². The van der Waals surface area contributed by atoms with Crippen LogP contribution in [0, 0.1) is 19.3 Å². The van der Waals surface area contributed by atoms with Crippen molar-refractivity contribution in [2.24, 2.45) is 0 Å². The Bertz CT molecular complexity index is 945. The predicted molar refractivity (Wildman–Crippen MR) is 96.7 cm³/mol. The number of hydrogen-bond acceptors (Lipinski definition) is 2. The molecule has 0 unspecified atom stereocenters. The lowest BCUT2D eigenvalue weighted by molar-refractivity contribution is 1.25. The second-order valence-electron chi connectivity index (χ2n) is 5.25. The first-order chi connectivity index (χ1) is 11.2. The van der Waals surface area contributed by atoms with Gasteiger partial charge in [-0.25, -0.2) is 9.97 Å². The molecule has 1 heterocycles. The van der Waals surface area contributed by atoms with Gasteiger partial charge >= 0.3 is 0 Å². The maximum absolute atomic E-state index is 5.45. The minimum Gasteiger partial charge on any atom is -0.244 e. The maximum atomic E-state index is 5.45. The van der Waals surface area contributed by atoms with E-state index in [9.17, 15) is 0 Å². The van der Waals surface area contributed by atoms with E-state index in [-0.39, 0.29) is 0 Å². The lowest BCUT2D eigenvalue weighted by Crippen LogP contribution is -1.98. The van der Waals surface area contributed by atoms with Crippen molar-refractivity contribution in [2.75, 3.05) is 0 Å². The molecular weight excluding hydrogens is 280 g/mol. The molecule has 0 fully saturated rings. The van der Waals surface area contributed by atoms with Gasteiger partial charge in [-0.3, -0.25) is 0 Å². The van der Waals surface area contributed by atoms with Crippen LogP contribution in [0.5, 0.6) is 0 Å². The van der Waals surface area contributed by atoms with Gasteiger partial charge in [0.1, 0.15) is 0 Å². The predicted octanol–water partition coefficient (Wildman–Crippen LogP) is 4.81. The fourth-order valence-electron chi connectivity index (χ4n) is 2.48. The van der Waals surface area contributed by atoms with Crippen molar-refractivity contribution in [1.82, 2.24) is 9.97 Å². The molecule has 0 saturated carbocycles. The van der Waals surface area contributed by atoms with Gasteiger partial charge in [-0.05, 0) is 30.7 Å². The summed E-state index contributed by atoms with van der Waals surface area (Å²) in [6.45, 7) is 5.90. The summed E-state index contributed by atoms with van der Waals surface area (Å²) in [4.78, 5) is 9.62. The highest BCUT2D eigenvalue weighted by molar-refractivity contribution is 5.87. The molecule has 0 spiro atoms. The molecule has 110 valence electrons. The first kappa shape index (κ1) is 14.7.